The molecule has 3 aliphatic rings. The summed E-state index contributed by atoms with van der Waals surface area (Å²) in [6, 6.07) is 9.55. The number of hydrogen-bond acceptors (Lipinski definition) is 5. The van der Waals surface area contributed by atoms with E-state index >= 15 is 0 Å². The molecular weight excluding hydrogens is 356 g/mol. The van der Waals surface area contributed by atoms with Crippen LogP contribution in [0, 0.1) is 29.1 Å². The molecule has 2 fully saturated rings. The Hall–Kier alpha value is -2.43. The second kappa shape index (κ2) is 6.87. The van der Waals surface area contributed by atoms with Crippen molar-refractivity contribution in [1.29, 1.82) is 0 Å². The van der Waals surface area contributed by atoms with Crippen LogP contribution in [-0.4, -0.2) is 23.8 Å². The van der Waals surface area contributed by atoms with Gasteiger partial charge in [-0.2, -0.15) is 0 Å². The van der Waals surface area contributed by atoms with E-state index in [2.05, 4.69) is 0 Å². The monoisotopic (exact) mass is 382 g/mol. The largest absolute Gasteiger partial charge is 0.462 e. The third-order valence-electron chi connectivity index (χ3n) is 6.73. The number of rotatable bonds is 3. The van der Waals surface area contributed by atoms with E-state index in [0.717, 1.165) is 11.1 Å². The quantitative estimate of drug-likeness (QED) is 0.591. The van der Waals surface area contributed by atoms with E-state index in [0.29, 0.717) is 12.8 Å². The van der Waals surface area contributed by atoms with E-state index < -0.39 is 17.3 Å². The number of fused-ring (bicyclic) bond motifs is 2. The summed E-state index contributed by atoms with van der Waals surface area (Å²) in [5.74, 6) is -1.74. The Morgan fingerprint density at radius 1 is 1.21 bits per heavy atom. The van der Waals surface area contributed by atoms with Crippen LogP contribution in [0.1, 0.15) is 39.2 Å². The van der Waals surface area contributed by atoms with Crippen LogP contribution < -0.4 is 0 Å². The molecule has 0 N–H and O–H groups in total. The first-order chi connectivity index (χ1) is 13.3. The molecule has 28 heavy (non-hydrogen) atoms. The van der Waals surface area contributed by atoms with Gasteiger partial charge in [-0.3, -0.25) is 14.4 Å². The molecule has 0 aromatic heterocycles. The molecule has 0 radical (unpaired) electrons. The van der Waals surface area contributed by atoms with E-state index in [1.54, 1.807) is 0 Å². The molecule has 1 heterocycles. The van der Waals surface area contributed by atoms with E-state index in [4.69, 9.17) is 9.47 Å². The molecule has 1 saturated carbocycles. The summed E-state index contributed by atoms with van der Waals surface area (Å²) < 4.78 is 11.2. The molecule has 0 bridgehead atoms. The van der Waals surface area contributed by atoms with Gasteiger partial charge in [0.05, 0.1) is 11.8 Å². The number of ketones is 1. The van der Waals surface area contributed by atoms with Gasteiger partial charge in [0.1, 0.15) is 18.5 Å². The lowest BCUT2D eigenvalue weighted by Gasteiger charge is -2.46. The predicted molar refractivity (Wildman–Crippen MR) is 102 cm³/mol. The number of ether oxygens (including phenoxy) is 2. The topological polar surface area (TPSA) is 69.7 Å². The zero-order valence-electron chi connectivity index (χ0n) is 16.5. The summed E-state index contributed by atoms with van der Waals surface area (Å²) >= 11 is 0. The summed E-state index contributed by atoms with van der Waals surface area (Å²) in [6.45, 7) is 5.83. The van der Waals surface area contributed by atoms with Gasteiger partial charge in [-0.05, 0) is 38.7 Å². The van der Waals surface area contributed by atoms with Gasteiger partial charge in [0.2, 0.25) is 0 Å². The van der Waals surface area contributed by atoms with Gasteiger partial charge in [0, 0.05) is 17.8 Å². The highest BCUT2D eigenvalue weighted by atomic mass is 16.6. The fraction of sp³-hybridized carbons (Fsp3) is 0.522. The maximum absolute atomic E-state index is 13.2. The van der Waals surface area contributed by atoms with Crippen LogP contribution >= 0.6 is 0 Å². The first kappa shape index (κ1) is 18.9. The summed E-state index contributed by atoms with van der Waals surface area (Å²) in [5, 5.41) is 0. The van der Waals surface area contributed by atoms with Gasteiger partial charge in [0.25, 0.3) is 0 Å². The SMILES string of the molecule is C[C@H]1OC(=O)[C@@H]2C=C3C(CCC(=O)C3(C)C)[C@H](C(=O)OCc3ccccc3)[C@H]12. The molecule has 1 aromatic carbocycles. The Morgan fingerprint density at radius 3 is 2.64 bits per heavy atom. The van der Waals surface area contributed by atoms with Crippen LogP contribution in [0.25, 0.3) is 0 Å². The minimum absolute atomic E-state index is 0.0887. The van der Waals surface area contributed by atoms with Crippen LogP contribution in [-0.2, 0) is 30.5 Å². The van der Waals surface area contributed by atoms with Crippen molar-refractivity contribution in [1.82, 2.24) is 0 Å². The van der Waals surface area contributed by atoms with E-state index in [9.17, 15) is 14.4 Å². The summed E-state index contributed by atoms with van der Waals surface area (Å²) in [4.78, 5) is 38.2. The van der Waals surface area contributed by atoms with Crippen LogP contribution in [0.5, 0.6) is 0 Å². The van der Waals surface area contributed by atoms with Crippen molar-refractivity contribution in [3.63, 3.8) is 0 Å². The maximum Gasteiger partial charge on any atom is 0.313 e. The average molecular weight is 382 g/mol. The smallest absolute Gasteiger partial charge is 0.313 e. The van der Waals surface area contributed by atoms with Crippen molar-refractivity contribution in [2.24, 2.45) is 29.1 Å². The Balaban J connectivity index is 1.66. The van der Waals surface area contributed by atoms with Crippen molar-refractivity contribution >= 4 is 17.7 Å². The van der Waals surface area contributed by atoms with Crippen molar-refractivity contribution in [2.75, 3.05) is 0 Å². The zero-order valence-corrected chi connectivity index (χ0v) is 16.5. The minimum atomic E-state index is -0.669. The minimum Gasteiger partial charge on any atom is -0.462 e. The van der Waals surface area contributed by atoms with E-state index in [1.165, 1.54) is 0 Å². The molecule has 1 saturated heterocycles. The normalized spacial score (nSPS) is 33.4. The van der Waals surface area contributed by atoms with Gasteiger partial charge < -0.3 is 9.47 Å². The second-order valence-corrected chi connectivity index (χ2v) is 8.68. The van der Waals surface area contributed by atoms with E-state index in [1.807, 2.05) is 57.2 Å². The number of esters is 2. The lowest BCUT2D eigenvalue weighted by molar-refractivity contribution is -0.157. The fourth-order valence-electron chi connectivity index (χ4n) is 5.18. The Labute approximate surface area is 165 Å². The molecule has 1 unspecified atom stereocenters. The van der Waals surface area contributed by atoms with Crippen LogP contribution in [0.3, 0.4) is 0 Å². The Bertz CT molecular complexity index is 838. The first-order valence-electron chi connectivity index (χ1n) is 9.97. The molecule has 2 aliphatic carbocycles. The molecule has 148 valence electrons. The third kappa shape index (κ3) is 2.97. The van der Waals surface area contributed by atoms with Crippen molar-refractivity contribution in [3.8, 4) is 0 Å². The first-order valence-corrected chi connectivity index (χ1v) is 9.97. The molecule has 5 atom stereocenters. The molecular formula is C23H26O5. The van der Waals surface area contributed by atoms with Crippen molar-refractivity contribution in [2.45, 2.75) is 46.3 Å². The summed E-state index contributed by atoms with van der Waals surface area (Å²) in [7, 11) is 0. The second-order valence-electron chi connectivity index (χ2n) is 8.68. The Morgan fingerprint density at radius 2 is 1.93 bits per heavy atom. The van der Waals surface area contributed by atoms with Crippen LogP contribution in [0.15, 0.2) is 42.0 Å². The molecule has 1 aliphatic heterocycles. The number of benzene rings is 1. The number of carbonyl (C=O) groups excluding carboxylic acids is 3. The number of Topliss-reactive ketones (excluding diaryl/α,β-unsaturated/α-hetero) is 1. The average Bonchev–Trinajstić information content (AvgIpc) is 2.96. The van der Waals surface area contributed by atoms with Crippen molar-refractivity contribution in [3.05, 3.63) is 47.5 Å². The van der Waals surface area contributed by atoms with Gasteiger partial charge in [-0.1, -0.05) is 42.0 Å². The van der Waals surface area contributed by atoms with Crippen molar-refractivity contribution < 1.29 is 23.9 Å². The van der Waals surface area contributed by atoms with Gasteiger partial charge in [-0.15, -0.1) is 0 Å². The maximum atomic E-state index is 13.2. The predicted octanol–water partition coefficient (Wildman–Crippen LogP) is 3.47. The molecule has 1 aromatic rings. The number of cyclic esters (lactones) is 1. The molecule has 5 nitrogen and oxygen atoms in total. The molecule has 4 rings (SSSR count). The molecule has 0 amide bonds. The standard InChI is InChI=1S/C23H26O5/c1-13-19-16(21(25)28-13)11-17-15(9-10-18(24)23(17,2)3)20(19)22(26)27-12-14-7-5-4-6-8-14/h4-8,11,13,15-16,19-20H,9-10,12H2,1-3H3/t13-,15?,16-,19-,20+/m1/s1. The van der Waals surface area contributed by atoms with Gasteiger partial charge >= 0.3 is 11.9 Å². The number of allylic oxidation sites excluding steroid dienone is 1. The van der Waals surface area contributed by atoms with Crippen LogP contribution in [0.2, 0.25) is 0 Å². The molecule has 5 heteroatoms. The fourth-order valence-corrected chi connectivity index (χ4v) is 5.18. The Kier molecular flexibility index (Phi) is 4.64. The van der Waals surface area contributed by atoms with Gasteiger partial charge in [-0.25, -0.2) is 0 Å². The third-order valence-corrected chi connectivity index (χ3v) is 6.73. The highest BCUT2D eigenvalue weighted by Crippen LogP contribution is 2.54. The molecule has 0 spiro atoms. The lowest BCUT2D eigenvalue weighted by atomic mass is 9.56. The summed E-state index contributed by atoms with van der Waals surface area (Å²) in [5.41, 5.74) is 1.15. The van der Waals surface area contributed by atoms with Gasteiger partial charge in [0.15, 0.2) is 0 Å². The highest BCUT2D eigenvalue weighted by Gasteiger charge is 2.58. The highest BCUT2D eigenvalue weighted by molar-refractivity contribution is 5.90. The lowest BCUT2D eigenvalue weighted by Crippen LogP contribution is -2.48. The zero-order chi connectivity index (χ0) is 20.1. The van der Waals surface area contributed by atoms with Crippen LogP contribution in [0.4, 0.5) is 0 Å². The van der Waals surface area contributed by atoms with E-state index in [-0.39, 0.29) is 42.3 Å². The summed E-state index contributed by atoms with van der Waals surface area (Å²) in [6.07, 6.45) is 2.63. The number of carbonyl (C=O) groups is 3. The number of hydrogen-bond donors (Lipinski definition) is 0.